The van der Waals surface area contributed by atoms with E-state index in [1.807, 2.05) is 6.07 Å². The molecule has 0 aliphatic rings. The summed E-state index contributed by atoms with van der Waals surface area (Å²) in [6, 6.07) is 4.46. The van der Waals surface area contributed by atoms with Crippen molar-refractivity contribution in [3.63, 3.8) is 0 Å². The lowest BCUT2D eigenvalue weighted by Gasteiger charge is -2.14. The number of anilines is 1. The molecule has 0 amide bonds. The molecular weight excluding hydrogens is 361 g/mol. The molecule has 0 fully saturated rings. The van der Waals surface area contributed by atoms with Crippen molar-refractivity contribution >= 4 is 38.9 Å². The summed E-state index contributed by atoms with van der Waals surface area (Å²) in [5, 5.41) is 22.5. The van der Waals surface area contributed by atoms with Crippen molar-refractivity contribution in [2.45, 2.75) is 13.0 Å². The van der Waals surface area contributed by atoms with E-state index in [1.165, 1.54) is 28.8 Å². The van der Waals surface area contributed by atoms with Gasteiger partial charge in [-0.05, 0) is 35.0 Å². The molecule has 0 saturated heterocycles. The molecule has 0 aliphatic heterocycles. The summed E-state index contributed by atoms with van der Waals surface area (Å²) >= 11 is 4.21. The van der Waals surface area contributed by atoms with Crippen LogP contribution >= 0.6 is 27.3 Å². The van der Waals surface area contributed by atoms with Crippen LogP contribution in [0.2, 0.25) is 0 Å². The Labute approximate surface area is 132 Å². The molecule has 1 heterocycles. The number of halogens is 2. The predicted octanol–water partition coefficient (Wildman–Crippen LogP) is 3.79. The van der Waals surface area contributed by atoms with Gasteiger partial charge < -0.3 is 10.4 Å². The molecule has 0 saturated carbocycles. The highest BCUT2D eigenvalue weighted by Gasteiger charge is 2.17. The summed E-state index contributed by atoms with van der Waals surface area (Å²) in [4.78, 5) is 14.8. The molecule has 1 aromatic heterocycles. The number of benzene rings is 1. The second kappa shape index (κ2) is 6.20. The van der Waals surface area contributed by atoms with Gasteiger partial charge in [0.25, 0.3) is 0 Å². The van der Waals surface area contributed by atoms with E-state index in [9.17, 15) is 9.18 Å². The number of nitriles is 1. The van der Waals surface area contributed by atoms with Gasteiger partial charge in [0, 0.05) is 5.38 Å². The Bertz CT molecular complexity index is 742. The molecule has 0 spiro atoms. The molecule has 108 valence electrons. The molecule has 0 aliphatic carbocycles. The Morgan fingerprint density at radius 2 is 2.33 bits per heavy atom. The van der Waals surface area contributed by atoms with E-state index in [0.717, 1.165) is 0 Å². The van der Waals surface area contributed by atoms with Crippen LogP contribution in [0.15, 0.2) is 22.0 Å². The lowest BCUT2D eigenvalue weighted by molar-refractivity contribution is 0.0691. The van der Waals surface area contributed by atoms with Crippen LogP contribution in [-0.4, -0.2) is 16.1 Å². The van der Waals surface area contributed by atoms with Crippen LogP contribution < -0.4 is 5.32 Å². The third-order valence-corrected chi connectivity index (χ3v) is 4.49. The average molecular weight is 370 g/mol. The maximum absolute atomic E-state index is 14.1. The van der Waals surface area contributed by atoms with Crippen LogP contribution in [-0.2, 0) is 0 Å². The summed E-state index contributed by atoms with van der Waals surface area (Å²) in [6.07, 6.45) is 0. The Morgan fingerprint density at radius 3 is 2.90 bits per heavy atom. The standard InChI is InChI=1S/C13H9BrFN3O2S/c1-6(12-18-9(5-21-12)13(19)20)17-8-3-2-7(4-16)10(14)11(8)15/h2-3,5-6,17H,1H3,(H,19,20). The highest BCUT2D eigenvalue weighted by Crippen LogP contribution is 2.29. The number of nitrogens with zero attached hydrogens (tertiary/aromatic N) is 2. The zero-order chi connectivity index (χ0) is 15.6. The molecule has 5 nitrogen and oxygen atoms in total. The molecule has 1 unspecified atom stereocenters. The lowest BCUT2D eigenvalue weighted by Crippen LogP contribution is -2.09. The van der Waals surface area contributed by atoms with Gasteiger partial charge >= 0.3 is 5.97 Å². The maximum atomic E-state index is 14.1. The highest BCUT2D eigenvalue weighted by atomic mass is 79.9. The SMILES string of the molecule is CC(Nc1ccc(C#N)c(Br)c1F)c1nc(C(=O)O)cs1. The first-order valence-corrected chi connectivity index (χ1v) is 7.44. The average Bonchev–Trinajstić information content (AvgIpc) is 2.94. The number of carboxylic acid groups (broad SMARTS) is 1. The summed E-state index contributed by atoms with van der Waals surface area (Å²) in [7, 11) is 0. The molecule has 2 aromatic rings. The van der Waals surface area contributed by atoms with E-state index >= 15 is 0 Å². The third kappa shape index (κ3) is 3.20. The van der Waals surface area contributed by atoms with Crippen LogP contribution in [0.25, 0.3) is 0 Å². The number of nitrogens with one attached hydrogen (secondary N) is 1. The zero-order valence-electron chi connectivity index (χ0n) is 10.7. The summed E-state index contributed by atoms with van der Waals surface area (Å²) in [5.74, 6) is -1.67. The van der Waals surface area contributed by atoms with Crippen molar-refractivity contribution in [2.75, 3.05) is 5.32 Å². The van der Waals surface area contributed by atoms with Crippen LogP contribution in [0.1, 0.15) is 34.0 Å². The minimum absolute atomic E-state index is 0.0369. The molecule has 1 aromatic carbocycles. The van der Waals surface area contributed by atoms with Crippen molar-refractivity contribution in [3.8, 4) is 6.07 Å². The largest absolute Gasteiger partial charge is 0.476 e. The molecule has 0 bridgehead atoms. The molecule has 0 radical (unpaired) electrons. The Kier molecular flexibility index (Phi) is 4.55. The molecular formula is C13H9BrFN3O2S. The quantitative estimate of drug-likeness (QED) is 0.855. The Balaban J connectivity index is 2.23. The normalized spacial score (nSPS) is 11.7. The minimum Gasteiger partial charge on any atom is -0.476 e. The van der Waals surface area contributed by atoms with Crippen LogP contribution in [0, 0.1) is 17.1 Å². The zero-order valence-corrected chi connectivity index (χ0v) is 13.1. The van der Waals surface area contributed by atoms with E-state index in [1.54, 1.807) is 6.92 Å². The van der Waals surface area contributed by atoms with Gasteiger partial charge in [0.05, 0.1) is 21.8 Å². The first-order chi connectivity index (χ1) is 9.93. The lowest BCUT2D eigenvalue weighted by atomic mass is 10.2. The third-order valence-electron chi connectivity index (χ3n) is 2.69. The fourth-order valence-corrected chi connectivity index (χ4v) is 2.86. The first-order valence-electron chi connectivity index (χ1n) is 5.77. The second-order valence-electron chi connectivity index (χ2n) is 4.14. The summed E-state index contributed by atoms with van der Waals surface area (Å²) in [5.41, 5.74) is 0.374. The van der Waals surface area contributed by atoms with Crippen LogP contribution in [0.5, 0.6) is 0 Å². The van der Waals surface area contributed by atoms with E-state index in [0.29, 0.717) is 5.01 Å². The van der Waals surface area contributed by atoms with E-state index < -0.39 is 11.8 Å². The number of carboxylic acids is 1. The topological polar surface area (TPSA) is 86.0 Å². The van der Waals surface area contributed by atoms with Crippen molar-refractivity contribution in [1.29, 1.82) is 5.26 Å². The van der Waals surface area contributed by atoms with Gasteiger partial charge in [-0.25, -0.2) is 14.2 Å². The van der Waals surface area contributed by atoms with Crippen molar-refractivity contribution < 1.29 is 14.3 Å². The predicted molar refractivity (Wildman–Crippen MR) is 79.9 cm³/mol. The number of hydrogen-bond acceptors (Lipinski definition) is 5. The molecule has 8 heteroatoms. The van der Waals surface area contributed by atoms with Gasteiger partial charge in [-0.2, -0.15) is 5.26 Å². The van der Waals surface area contributed by atoms with Crippen molar-refractivity contribution in [1.82, 2.24) is 4.98 Å². The van der Waals surface area contributed by atoms with E-state index in [-0.39, 0.29) is 27.5 Å². The highest BCUT2D eigenvalue weighted by molar-refractivity contribution is 9.10. The van der Waals surface area contributed by atoms with Crippen LogP contribution in [0.4, 0.5) is 10.1 Å². The minimum atomic E-state index is -1.10. The Morgan fingerprint density at radius 1 is 1.62 bits per heavy atom. The Hall–Kier alpha value is -1.98. The second-order valence-corrected chi connectivity index (χ2v) is 5.83. The van der Waals surface area contributed by atoms with E-state index in [4.69, 9.17) is 10.4 Å². The van der Waals surface area contributed by atoms with Crippen molar-refractivity contribution in [3.05, 3.63) is 44.1 Å². The number of thiazole rings is 1. The van der Waals surface area contributed by atoms with Gasteiger partial charge in [-0.3, -0.25) is 0 Å². The maximum Gasteiger partial charge on any atom is 0.355 e. The van der Waals surface area contributed by atoms with Gasteiger partial charge in [-0.1, -0.05) is 0 Å². The van der Waals surface area contributed by atoms with Gasteiger partial charge in [0.15, 0.2) is 11.5 Å². The smallest absolute Gasteiger partial charge is 0.355 e. The van der Waals surface area contributed by atoms with Crippen molar-refractivity contribution in [2.24, 2.45) is 0 Å². The number of carbonyl (C=O) groups is 1. The van der Waals surface area contributed by atoms with Gasteiger partial charge in [0.2, 0.25) is 0 Å². The monoisotopic (exact) mass is 369 g/mol. The molecule has 2 N–H and O–H groups in total. The summed E-state index contributed by atoms with van der Waals surface area (Å²) in [6.45, 7) is 1.75. The van der Waals surface area contributed by atoms with Crippen LogP contribution in [0.3, 0.4) is 0 Å². The first kappa shape index (κ1) is 15.4. The molecule has 2 rings (SSSR count). The van der Waals surface area contributed by atoms with Gasteiger partial charge in [0.1, 0.15) is 11.1 Å². The fraction of sp³-hybridized carbons (Fsp3) is 0.154. The van der Waals surface area contributed by atoms with Gasteiger partial charge in [-0.15, -0.1) is 11.3 Å². The number of aromatic nitrogens is 1. The number of rotatable bonds is 4. The fourth-order valence-electron chi connectivity index (χ4n) is 1.63. The molecule has 21 heavy (non-hydrogen) atoms. The number of aromatic carboxylic acids is 1. The summed E-state index contributed by atoms with van der Waals surface area (Å²) < 4.78 is 14.2. The van der Waals surface area contributed by atoms with E-state index in [2.05, 4.69) is 26.2 Å². The number of hydrogen-bond donors (Lipinski definition) is 2. The molecule has 1 atom stereocenters.